The lowest BCUT2D eigenvalue weighted by atomic mass is 10.1. The highest BCUT2D eigenvalue weighted by Gasteiger charge is 2.19. The third-order valence-corrected chi connectivity index (χ3v) is 4.87. The van der Waals surface area contributed by atoms with Crippen molar-refractivity contribution in [2.45, 2.75) is 33.0 Å². The van der Waals surface area contributed by atoms with E-state index < -0.39 is 0 Å². The summed E-state index contributed by atoms with van der Waals surface area (Å²) in [6, 6.07) is 6.00. The van der Waals surface area contributed by atoms with Crippen molar-refractivity contribution in [2.24, 2.45) is 0 Å². The summed E-state index contributed by atoms with van der Waals surface area (Å²) in [5.74, 6) is 2.59. The van der Waals surface area contributed by atoms with E-state index in [1.54, 1.807) is 6.20 Å². The van der Waals surface area contributed by atoms with Gasteiger partial charge in [-0.1, -0.05) is 0 Å². The summed E-state index contributed by atoms with van der Waals surface area (Å²) in [7, 11) is 0. The van der Waals surface area contributed by atoms with E-state index in [0.717, 1.165) is 53.4 Å². The minimum Gasteiger partial charge on any atom is -0.475 e. The number of anilines is 1. The first-order chi connectivity index (χ1) is 13.7. The minimum atomic E-state index is 0.0690. The molecule has 4 aromatic heterocycles. The van der Waals surface area contributed by atoms with Gasteiger partial charge in [-0.2, -0.15) is 5.10 Å². The number of hydrogen-bond donors (Lipinski definition) is 1. The molecule has 0 amide bonds. The zero-order valence-corrected chi connectivity index (χ0v) is 15.8. The van der Waals surface area contributed by atoms with E-state index in [1.807, 2.05) is 44.6 Å². The summed E-state index contributed by atoms with van der Waals surface area (Å²) < 4.78 is 7.93. The Balaban J connectivity index is 1.50. The van der Waals surface area contributed by atoms with Crippen molar-refractivity contribution in [1.82, 2.24) is 29.7 Å². The largest absolute Gasteiger partial charge is 0.475 e. The fourth-order valence-corrected chi connectivity index (χ4v) is 3.53. The van der Waals surface area contributed by atoms with Crippen molar-refractivity contribution in [2.75, 3.05) is 11.4 Å². The predicted molar refractivity (Wildman–Crippen MR) is 106 cm³/mol. The summed E-state index contributed by atoms with van der Waals surface area (Å²) in [5.41, 5.74) is 2.75. The second-order valence-corrected chi connectivity index (χ2v) is 7.17. The monoisotopic (exact) mass is 375 g/mol. The number of rotatable bonds is 4. The van der Waals surface area contributed by atoms with Crippen LogP contribution in [0.5, 0.6) is 5.88 Å². The maximum atomic E-state index is 5.74. The number of ether oxygens (including phenoxy) is 1. The number of imidazole rings is 1. The van der Waals surface area contributed by atoms with E-state index >= 15 is 0 Å². The van der Waals surface area contributed by atoms with Crippen LogP contribution in [-0.2, 0) is 13.1 Å². The van der Waals surface area contributed by atoms with Crippen molar-refractivity contribution in [1.29, 1.82) is 0 Å². The van der Waals surface area contributed by atoms with Gasteiger partial charge in [-0.05, 0) is 26.0 Å². The standard InChI is InChI=1S/C20H21N7O/c1-13(2)28-19-10-15-16(11-23-19)24-25-20(15)14-3-4-21-17(9-14)27-8-7-26-6-5-22-18(26)12-27/h3-6,9-11,13H,7-8,12H2,1-2H3,(H,24,25). The molecule has 1 aliphatic rings. The van der Waals surface area contributed by atoms with Gasteiger partial charge in [0.2, 0.25) is 5.88 Å². The van der Waals surface area contributed by atoms with E-state index in [0.29, 0.717) is 5.88 Å². The van der Waals surface area contributed by atoms with Crippen LogP contribution >= 0.6 is 0 Å². The molecule has 0 unspecified atom stereocenters. The maximum Gasteiger partial charge on any atom is 0.214 e. The third-order valence-electron chi connectivity index (χ3n) is 4.87. The van der Waals surface area contributed by atoms with E-state index in [2.05, 4.69) is 40.7 Å². The van der Waals surface area contributed by atoms with Crippen molar-refractivity contribution in [3.8, 4) is 17.1 Å². The van der Waals surface area contributed by atoms with Gasteiger partial charge >= 0.3 is 0 Å². The molecule has 142 valence electrons. The first kappa shape index (κ1) is 16.7. The molecule has 0 fully saturated rings. The number of nitrogens with zero attached hydrogens (tertiary/aromatic N) is 6. The molecule has 1 aliphatic heterocycles. The second-order valence-electron chi connectivity index (χ2n) is 7.17. The molecule has 0 radical (unpaired) electrons. The molecule has 5 rings (SSSR count). The van der Waals surface area contributed by atoms with Gasteiger partial charge in [0.1, 0.15) is 17.3 Å². The molecule has 8 heteroatoms. The first-order valence-electron chi connectivity index (χ1n) is 9.39. The molecule has 0 spiro atoms. The van der Waals surface area contributed by atoms with E-state index in [4.69, 9.17) is 4.74 Å². The molecular formula is C20H21N7O. The molecule has 0 saturated carbocycles. The van der Waals surface area contributed by atoms with Crippen LogP contribution in [0.15, 0.2) is 43.0 Å². The summed E-state index contributed by atoms with van der Waals surface area (Å²) >= 11 is 0. The second kappa shape index (κ2) is 6.63. The van der Waals surface area contributed by atoms with E-state index in [1.165, 1.54) is 0 Å². The molecule has 1 N–H and O–H groups in total. The van der Waals surface area contributed by atoms with E-state index in [-0.39, 0.29) is 6.10 Å². The molecule has 0 aliphatic carbocycles. The molecule has 5 heterocycles. The van der Waals surface area contributed by atoms with Crippen molar-refractivity contribution in [3.63, 3.8) is 0 Å². The Hall–Kier alpha value is -3.42. The molecular weight excluding hydrogens is 354 g/mol. The van der Waals surface area contributed by atoms with Crippen molar-refractivity contribution in [3.05, 3.63) is 48.8 Å². The van der Waals surface area contributed by atoms with Gasteiger partial charge < -0.3 is 14.2 Å². The van der Waals surface area contributed by atoms with Gasteiger partial charge in [0, 0.05) is 48.7 Å². The van der Waals surface area contributed by atoms with Crippen LogP contribution in [0.3, 0.4) is 0 Å². The normalized spacial score (nSPS) is 13.9. The van der Waals surface area contributed by atoms with Gasteiger partial charge in [-0.25, -0.2) is 15.0 Å². The fourth-order valence-electron chi connectivity index (χ4n) is 3.53. The molecule has 0 atom stereocenters. The molecule has 8 nitrogen and oxygen atoms in total. The number of pyridine rings is 2. The van der Waals surface area contributed by atoms with Gasteiger partial charge in [-0.3, -0.25) is 5.10 Å². The lowest BCUT2D eigenvalue weighted by Gasteiger charge is -2.28. The van der Waals surface area contributed by atoms with Crippen LogP contribution in [0.25, 0.3) is 22.2 Å². The third kappa shape index (κ3) is 2.96. The topological polar surface area (TPSA) is 84.8 Å². The molecule has 4 aromatic rings. The highest BCUT2D eigenvalue weighted by Crippen LogP contribution is 2.30. The predicted octanol–water partition coefficient (Wildman–Crippen LogP) is 3.02. The summed E-state index contributed by atoms with van der Waals surface area (Å²) in [6.45, 7) is 6.54. The highest BCUT2D eigenvalue weighted by molar-refractivity contribution is 5.93. The summed E-state index contributed by atoms with van der Waals surface area (Å²) in [4.78, 5) is 15.6. The lowest BCUT2D eigenvalue weighted by molar-refractivity contribution is 0.233. The quantitative estimate of drug-likeness (QED) is 0.590. The van der Waals surface area contributed by atoms with Crippen molar-refractivity contribution < 1.29 is 4.74 Å². The molecule has 0 aromatic carbocycles. The summed E-state index contributed by atoms with van der Waals surface area (Å²) in [5, 5.41) is 8.56. The Morgan fingerprint density at radius 1 is 1.11 bits per heavy atom. The average Bonchev–Trinajstić information content (AvgIpc) is 3.33. The lowest BCUT2D eigenvalue weighted by Crippen LogP contribution is -2.34. The van der Waals surface area contributed by atoms with Gasteiger partial charge in [-0.15, -0.1) is 0 Å². The average molecular weight is 375 g/mol. The number of nitrogens with one attached hydrogen (secondary N) is 1. The Morgan fingerprint density at radius 2 is 2.04 bits per heavy atom. The number of aromatic nitrogens is 6. The van der Waals surface area contributed by atoms with Gasteiger partial charge in [0.25, 0.3) is 0 Å². The molecule has 28 heavy (non-hydrogen) atoms. The number of hydrogen-bond acceptors (Lipinski definition) is 6. The zero-order valence-electron chi connectivity index (χ0n) is 15.8. The summed E-state index contributed by atoms with van der Waals surface area (Å²) in [6.07, 6.45) is 7.54. The molecule has 0 bridgehead atoms. The number of fused-ring (bicyclic) bond motifs is 2. The Labute approximate surface area is 162 Å². The van der Waals surface area contributed by atoms with Gasteiger partial charge in [0.05, 0.1) is 24.4 Å². The number of aromatic amines is 1. The fraction of sp³-hybridized carbons (Fsp3) is 0.300. The Morgan fingerprint density at radius 3 is 2.93 bits per heavy atom. The zero-order chi connectivity index (χ0) is 19.1. The van der Waals surface area contributed by atoms with Crippen LogP contribution < -0.4 is 9.64 Å². The van der Waals surface area contributed by atoms with Crippen LogP contribution in [-0.4, -0.2) is 42.4 Å². The Kier molecular flexibility index (Phi) is 3.96. The number of H-pyrrole nitrogens is 1. The van der Waals surface area contributed by atoms with E-state index in [9.17, 15) is 0 Å². The highest BCUT2D eigenvalue weighted by atomic mass is 16.5. The van der Waals surface area contributed by atoms with Crippen LogP contribution in [0.4, 0.5) is 5.82 Å². The van der Waals surface area contributed by atoms with Crippen molar-refractivity contribution >= 4 is 16.7 Å². The van der Waals surface area contributed by atoms with Crippen LogP contribution in [0, 0.1) is 0 Å². The smallest absolute Gasteiger partial charge is 0.214 e. The van der Waals surface area contributed by atoms with Gasteiger partial charge in [0.15, 0.2) is 0 Å². The SMILES string of the molecule is CC(C)Oc1cc2c(-c3ccnc(N4CCn5ccnc5C4)c3)n[nH]c2cn1. The van der Waals surface area contributed by atoms with Crippen LogP contribution in [0.1, 0.15) is 19.7 Å². The first-order valence-corrected chi connectivity index (χ1v) is 9.39. The Bertz CT molecular complexity index is 1130. The minimum absolute atomic E-state index is 0.0690. The molecule has 0 saturated heterocycles. The van der Waals surface area contributed by atoms with Crippen LogP contribution in [0.2, 0.25) is 0 Å². The maximum absolute atomic E-state index is 5.74.